The second kappa shape index (κ2) is 5.16. The molecule has 1 N–H and O–H groups in total. The van der Waals surface area contributed by atoms with Crippen molar-refractivity contribution in [1.29, 1.82) is 5.26 Å². The van der Waals surface area contributed by atoms with E-state index in [2.05, 4.69) is 35.7 Å². The Balaban J connectivity index is 1.70. The van der Waals surface area contributed by atoms with E-state index in [1.807, 2.05) is 24.3 Å². The van der Waals surface area contributed by atoms with Gasteiger partial charge in [-0.05, 0) is 54.7 Å². The summed E-state index contributed by atoms with van der Waals surface area (Å²) in [5, 5.41) is 12.4. The van der Waals surface area contributed by atoms with Gasteiger partial charge in [-0.25, -0.2) is 0 Å². The quantitative estimate of drug-likeness (QED) is 0.882. The lowest BCUT2D eigenvalue weighted by molar-refractivity contribution is 0.611. The number of benzene rings is 2. The maximum atomic E-state index is 8.79. The number of rotatable bonds is 2. The Labute approximate surface area is 113 Å². The van der Waals surface area contributed by atoms with Gasteiger partial charge in [0.2, 0.25) is 0 Å². The van der Waals surface area contributed by atoms with E-state index in [9.17, 15) is 0 Å². The van der Waals surface area contributed by atoms with Gasteiger partial charge in [0.25, 0.3) is 0 Å². The molecular weight excluding hydrogens is 232 g/mol. The number of anilines is 1. The molecule has 2 aromatic rings. The molecule has 1 aliphatic rings. The van der Waals surface area contributed by atoms with Gasteiger partial charge in [-0.1, -0.05) is 24.3 Å². The summed E-state index contributed by atoms with van der Waals surface area (Å²) in [7, 11) is 0. The molecule has 0 spiro atoms. The fourth-order valence-corrected chi connectivity index (χ4v) is 2.70. The highest BCUT2D eigenvalue weighted by atomic mass is 14.9. The fourth-order valence-electron chi connectivity index (χ4n) is 2.70. The van der Waals surface area contributed by atoms with E-state index in [1.54, 1.807) is 0 Å². The maximum absolute atomic E-state index is 8.79. The molecule has 0 saturated heterocycles. The van der Waals surface area contributed by atoms with Crippen LogP contribution in [-0.2, 0) is 12.8 Å². The molecule has 3 rings (SSSR count). The van der Waals surface area contributed by atoms with Crippen LogP contribution >= 0.6 is 0 Å². The number of nitriles is 1. The third-order valence-corrected chi connectivity index (χ3v) is 3.73. The Bertz CT molecular complexity index is 608. The second-order valence-corrected chi connectivity index (χ2v) is 5.04. The Hall–Kier alpha value is -2.27. The van der Waals surface area contributed by atoms with E-state index < -0.39 is 0 Å². The third kappa shape index (κ3) is 2.61. The van der Waals surface area contributed by atoms with E-state index >= 15 is 0 Å². The average Bonchev–Trinajstić information content (AvgIpc) is 2.48. The molecule has 0 aromatic heterocycles. The fraction of sp³-hybridized carbons (Fsp3) is 0.235. The predicted molar refractivity (Wildman–Crippen MR) is 77.0 cm³/mol. The van der Waals surface area contributed by atoms with Crippen molar-refractivity contribution in [3.8, 4) is 6.07 Å². The van der Waals surface area contributed by atoms with Crippen LogP contribution in [0.3, 0.4) is 0 Å². The van der Waals surface area contributed by atoms with E-state index in [0.717, 1.165) is 24.9 Å². The van der Waals surface area contributed by atoms with Gasteiger partial charge in [0.05, 0.1) is 11.6 Å². The summed E-state index contributed by atoms with van der Waals surface area (Å²) < 4.78 is 0. The monoisotopic (exact) mass is 248 g/mol. The highest BCUT2D eigenvalue weighted by Crippen LogP contribution is 2.23. The van der Waals surface area contributed by atoms with Gasteiger partial charge in [-0.2, -0.15) is 5.26 Å². The number of nitrogens with zero attached hydrogens (tertiary/aromatic N) is 1. The first-order valence-corrected chi connectivity index (χ1v) is 6.68. The maximum Gasteiger partial charge on any atom is 0.0991 e. The molecule has 19 heavy (non-hydrogen) atoms. The van der Waals surface area contributed by atoms with Crippen molar-refractivity contribution in [2.75, 3.05) is 5.32 Å². The van der Waals surface area contributed by atoms with Crippen molar-refractivity contribution in [1.82, 2.24) is 0 Å². The van der Waals surface area contributed by atoms with Crippen LogP contribution in [0.15, 0.2) is 48.5 Å². The SMILES string of the molecule is N#Cc1ccc(NC2CCc3ccccc3C2)cc1. The second-order valence-electron chi connectivity index (χ2n) is 5.04. The summed E-state index contributed by atoms with van der Waals surface area (Å²) in [5.41, 5.74) is 4.75. The van der Waals surface area contributed by atoms with Crippen LogP contribution < -0.4 is 5.32 Å². The third-order valence-electron chi connectivity index (χ3n) is 3.73. The molecule has 1 unspecified atom stereocenters. The van der Waals surface area contributed by atoms with Gasteiger partial charge in [0, 0.05) is 11.7 Å². The lowest BCUT2D eigenvalue weighted by Crippen LogP contribution is -2.27. The zero-order chi connectivity index (χ0) is 13.1. The normalized spacial score (nSPS) is 17.3. The minimum Gasteiger partial charge on any atom is -0.382 e. The lowest BCUT2D eigenvalue weighted by Gasteiger charge is -2.26. The molecule has 0 amide bonds. The van der Waals surface area contributed by atoms with Gasteiger partial charge < -0.3 is 5.32 Å². The Morgan fingerprint density at radius 3 is 2.47 bits per heavy atom. The van der Waals surface area contributed by atoms with E-state index in [4.69, 9.17) is 5.26 Å². The van der Waals surface area contributed by atoms with Crippen LogP contribution in [0, 0.1) is 11.3 Å². The van der Waals surface area contributed by atoms with Gasteiger partial charge in [0.15, 0.2) is 0 Å². The van der Waals surface area contributed by atoms with Gasteiger partial charge in [-0.15, -0.1) is 0 Å². The van der Waals surface area contributed by atoms with Crippen molar-refractivity contribution in [3.05, 3.63) is 65.2 Å². The average molecular weight is 248 g/mol. The minimum absolute atomic E-state index is 0.489. The molecule has 2 aromatic carbocycles. The number of hydrogen-bond acceptors (Lipinski definition) is 2. The largest absolute Gasteiger partial charge is 0.382 e. The smallest absolute Gasteiger partial charge is 0.0991 e. The molecule has 94 valence electrons. The molecule has 1 aliphatic carbocycles. The number of hydrogen-bond donors (Lipinski definition) is 1. The van der Waals surface area contributed by atoms with Crippen LogP contribution in [0.2, 0.25) is 0 Å². The Kier molecular flexibility index (Phi) is 3.20. The first-order chi connectivity index (χ1) is 9.35. The summed E-state index contributed by atoms with van der Waals surface area (Å²) in [5.74, 6) is 0. The standard InChI is InChI=1S/C17H16N2/c18-12-13-5-8-16(9-6-13)19-17-10-7-14-3-1-2-4-15(14)11-17/h1-6,8-9,17,19H,7,10-11H2. The molecule has 0 saturated carbocycles. The molecule has 2 heteroatoms. The molecule has 0 heterocycles. The van der Waals surface area contributed by atoms with Gasteiger partial charge in [-0.3, -0.25) is 0 Å². The van der Waals surface area contributed by atoms with Crippen LogP contribution in [0.25, 0.3) is 0 Å². The predicted octanol–water partition coefficient (Wildman–Crippen LogP) is 3.53. The minimum atomic E-state index is 0.489. The first kappa shape index (κ1) is 11.8. The van der Waals surface area contributed by atoms with Crippen LogP contribution in [0.5, 0.6) is 0 Å². The zero-order valence-electron chi connectivity index (χ0n) is 10.8. The van der Waals surface area contributed by atoms with Crippen LogP contribution in [-0.4, -0.2) is 6.04 Å². The van der Waals surface area contributed by atoms with Crippen molar-refractivity contribution in [2.45, 2.75) is 25.3 Å². The zero-order valence-corrected chi connectivity index (χ0v) is 10.8. The van der Waals surface area contributed by atoms with E-state index in [-0.39, 0.29) is 0 Å². The molecular formula is C17H16N2. The topological polar surface area (TPSA) is 35.8 Å². The summed E-state index contributed by atoms with van der Waals surface area (Å²) >= 11 is 0. The Morgan fingerprint density at radius 2 is 1.74 bits per heavy atom. The van der Waals surface area contributed by atoms with Gasteiger partial charge in [0.1, 0.15) is 0 Å². The molecule has 0 radical (unpaired) electrons. The summed E-state index contributed by atoms with van der Waals surface area (Å²) in [6.07, 6.45) is 3.39. The summed E-state index contributed by atoms with van der Waals surface area (Å²) in [6, 6.07) is 19.0. The van der Waals surface area contributed by atoms with Crippen LogP contribution in [0.1, 0.15) is 23.1 Å². The van der Waals surface area contributed by atoms with Crippen molar-refractivity contribution < 1.29 is 0 Å². The first-order valence-electron chi connectivity index (χ1n) is 6.68. The summed E-state index contributed by atoms with van der Waals surface area (Å²) in [6.45, 7) is 0. The number of fused-ring (bicyclic) bond motifs is 1. The summed E-state index contributed by atoms with van der Waals surface area (Å²) in [4.78, 5) is 0. The number of nitrogens with one attached hydrogen (secondary N) is 1. The number of aryl methyl sites for hydroxylation is 1. The highest BCUT2D eigenvalue weighted by molar-refractivity contribution is 5.48. The van der Waals surface area contributed by atoms with Gasteiger partial charge >= 0.3 is 0 Å². The molecule has 0 aliphatic heterocycles. The molecule has 0 fully saturated rings. The van der Waals surface area contributed by atoms with E-state index in [0.29, 0.717) is 11.6 Å². The molecule has 2 nitrogen and oxygen atoms in total. The lowest BCUT2D eigenvalue weighted by atomic mass is 9.88. The Morgan fingerprint density at radius 1 is 1.00 bits per heavy atom. The van der Waals surface area contributed by atoms with Crippen molar-refractivity contribution in [2.24, 2.45) is 0 Å². The van der Waals surface area contributed by atoms with Crippen molar-refractivity contribution in [3.63, 3.8) is 0 Å². The highest BCUT2D eigenvalue weighted by Gasteiger charge is 2.17. The van der Waals surface area contributed by atoms with Crippen LogP contribution in [0.4, 0.5) is 5.69 Å². The molecule has 0 bridgehead atoms. The van der Waals surface area contributed by atoms with E-state index in [1.165, 1.54) is 11.1 Å². The molecule has 1 atom stereocenters. The van der Waals surface area contributed by atoms with Crippen molar-refractivity contribution >= 4 is 5.69 Å².